The fourth-order valence-corrected chi connectivity index (χ4v) is 2.44. The predicted octanol–water partition coefficient (Wildman–Crippen LogP) is 3.29. The van der Waals surface area contributed by atoms with Gasteiger partial charge in [0.25, 0.3) is 0 Å². The number of rotatable bonds is 12. The van der Waals surface area contributed by atoms with E-state index in [-0.39, 0.29) is 12.5 Å². The molecule has 0 aliphatic rings. The summed E-state index contributed by atoms with van der Waals surface area (Å²) in [7, 11) is 0. The molecule has 136 valence electrons. The van der Waals surface area contributed by atoms with Crippen molar-refractivity contribution in [3.05, 3.63) is 24.3 Å². The zero-order valence-corrected chi connectivity index (χ0v) is 15.3. The summed E-state index contributed by atoms with van der Waals surface area (Å²) in [6.07, 6.45) is 4.13. The number of hydrogen-bond acceptors (Lipinski definition) is 4. The highest BCUT2D eigenvalue weighted by atomic mass is 16.5. The van der Waals surface area contributed by atoms with E-state index in [1.807, 2.05) is 0 Å². The monoisotopic (exact) mass is 336 g/mol. The van der Waals surface area contributed by atoms with Crippen LogP contribution in [0.5, 0.6) is 5.75 Å². The Labute approximate surface area is 146 Å². The summed E-state index contributed by atoms with van der Waals surface area (Å²) in [5.41, 5.74) is 0.737. The number of nitrogens with one attached hydrogen (secondary N) is 1. The number of hydrogen-bond donors (Lipinski definition) is 2. The van der Waals surface area contributed by atoms with Crippen molar-refractivity contribution in [2.75, 3.05) is 31.6 Å². The van der Waals surface area contributed by atoms with Crippen LogP contribution in [0.1, 0.15) is 46.5 Å². The molecule has 2 N–H and O–H groups in total. The van der Waals surface area contributed by atoms with Gasteiger partial charge in [0.2, 0.25) is 5.91 Å². The molecular formula is C19H32N2O3. The van der Waals surface area contributed by atoms with Crippen LogP contribution >= 0.6 is 0 Å². The van der Waals surface area contributed by atoms with Crippen LogP contribution in [0.4, 0.5) is 5.69 Å². The largest absolute Gasteiger partial charge is 0.491 e. The number of amides is 1. The summed E-state index contributed by atoms with van der Waals surface area (Å²) in [5.74, 6) is 0.593. The van der Waals surface area contributed by atoms with Crippen LogP contribution in [0.2, 0.25) is 0 Å². The van der Waals surface area contributed by atoms with E-state index in [1.165, 1.54) is 6.92 Å². The highest BCUT2D eigenvalue weighted by Gasteiger charge is 2.12. The number of carbonyl (C=O) groups excluding carboxylic acids is 1. The summed E-state index contributed by atoms with van der Waals surface area (Å²) in [4.78, 5) is 13.3. The average molecular weight is 336 g/mol. The van der Waals surface area contributed by atoms with Gasteiger partial charge in [0.05, 0.1) is 0 Å². The first-order chi connectivity index (χ1) is 11.5. The minimum atomic E-state index is -0.506. The highest BCUT2D eigenvalue weighted by molar-refractivity contribution is 5.88. The van der Waals surface area contributed by atoms with Gasteiger partial charge in [0.1, 0.15) is 18.5 Å². The van der Waals surface area contributed by atoms with Crippen molar-refractivity contribution in [2.24, 2.45) is 0 Å². The minimum Gasteiger partial charge on any atom is -0.491 e. The van der Waals surface area contributed by atoms with Crippen LogP contribution in [0.25, 0.3) is 0 Å². The van der Waals surface area contributed by atoms with E-state index in [4.69, 9.17) is 4.74 Å². The number of aliphatic hydroxyl groups excluding tert-OH is 1. The normalized spacial score (nSPS) is 12.2. The lowest BCUT2D eigenvalue weighted by Crippen LogP contribution is -2.36. The van der Waals surface area contributed by atoms with E-state index >= 15 is 0 Å². The standard InChI is InChI=1S/C19H32N2O3/c1-4-6-12-21(13-7-5-2)14-18(23)15-24-19-10-8-17(9-11-19)20-16(3)22/h8-11,18,23H,4-7,12-15H2,1-3H3,(H,20,22). The van der Waals surface area contributed by atoms with Gasteiger partial charge < -0.3 is 20.1 Å². The van der Waals surface area contributed by atoms with Gasteiger partial charge in [-0.15, -0.1) is 0 Å². The number of unbranched alkanes of at least 4 members (excludes halogenated alkanes) is 2. The minimum absolute atomic E-state index is 0.0988. The maximum atomic E-state index is 11.0. The molecule has 1 atom stereocenters. The maximum Gasteiger partial charge on any atom is 0.221 e. The van der Waals surface area contributed by atoms with Gasteiger partial charge in [-0.3, -0.25) is 4.79 Å². The number of anilines is 1. The van der Waals surface area contributed by atoms with Gasteiger partial charge in [-0.1, -0.05) is 26.7 Å². The van der Waals surface area contributed by atoms with Gasteiger partial charge in [-0.25, -0.2) is 0 Å². The van der Waals surface area contributed by atoms with Crippen molar-refractivity contribution in [1.29, 1.82) is 0 Å². The molecule has 1 aromatic rings. The molecule has 24 heavy (non-hydrogen) atoms. The van der Waals surface area contributed by atoms with Crippen molar-refractivity contribution in [3.8, 4) is 5.75 Å². The molecule has 0 aliphatic heterocycles. The zero-order chi connectivity index (χ0) is 17.8. The fourth-order valence-electron chi connectivity index (χ4n) is 2.44. The van der Waals surface area contributed by atoms with Gasteiger partial charge >= 0.3 is 0 Å². The molecule has 0 bridgehead atoms. The van der Waals surface area contributed by atoms with Gasteiger partial charge in [-0.2, -0.15) is 0 Å². The average Bonchev–Trinajstić information content (AvgIpc) is 2.56. The molecule has 5 heteroatoms. The fraction of sp³-hybridized carbons (Fsp3) is 0.632. The number of ether oxygens (including phenoxy) is 1. The smallest absolute Gasteiger partial charge is 0.221 e. The Kier molecular flexibility index (Phi) is 10.1. The van der Waals surface area contributed by atoms with E-state index < -0.39 is 6.10 Å². The van der Waals surface area contributed by atoms with Crippen LogP contribution in [-0.4, -0.2) is 48.3 Å². The summed E-state index contributed by atoms with van der Waals surface area (Å²) >= 11 is 0. The number of nitrogens with zero attached hydrogens (tertiary/aromatic N) is 1. The second kappa shape index (κ2) is 11.9. The molecule has 0 saturated heterocycles. The third kappa shape index (κ3) is 8.89. The third-order valence-electron chi connectivity index (χ3n) is 3.74. The topological polar surface area (TPSA) is 61.8 Å². The molecule has 0 aliphatic carbocycles. The second-order valence-corrected chi connectivity index (χ2v) is 6.18. The first-order valence-electron chi connectivity index (χ1n) is 8.96. The van der Waals surface area contributed by atoms with Crippen LogP contribution in [0.15, 0.2) is 24.3 Å². The first kappa shape index (κ1) is 20.5. The van der Waals surface area contributed by atoms with Crippen LogP contribution in [-0.2, 0) is 4.79 Å². The molecule has 0 radical (unpaired) electrons. The lowest BCUT2D eigenvalue weighted by atomic mass is 10.2. The number of carbonyl (C=O) groups is 1. The molecular weight excluding hydrogens is 304 g/mol. The Bertz CT molecular complexity index is 454. The van der Waals surface area contributed by atoms with Gasteiger partial charge in [-0.05, 0) is 50.2 Å². The predicted molar refractivity (Wildman–Crippen MR) is 98.5 cm³/mol. The summed E-state index contributed by atoms with van der Waals surface area (Å²) in [6, 6.07) is 7.17. The van der Waals surface area contributed by atoms with Crippen LogP contribution in [0, 0.1) is 0 Å². The van der Waals surface area contributed by atoms with E-state index in [1.54, 1.807) is 24.3 Å². The zero-order valence-electron chi connectivity index (χ0n) is 15.3. The number of benzene rings is 1. The molecule has 1 unspecified atom stereocenters. The molecule has 0 fully saturated rings. The Morgan fingerprint density at radius 3 is 2.25 bits per heavy atom. The summed E-state index contributed by atoms with van der Waals surface area (Å²) in [6.45, 7) is 8.81. The molecule has 5 nitrogen and oxygen atoms in total. The Morgan fingerprint density at radius 1 is 1.17 bits per heavy atom. The SMILES string of the molecule is CCCCN(CCCC)CC(O)COc1ccc(NC(C)=O)cc1. The molecule has 1 rings (SSSR count). The lowest BCUT2D eigenvalue weighted by molar-refractivity contribution is -0.114. The summed E-state index contributed by atoms with van der Waals surface area (Å²) in [5, 5.41) is 12.9. The van der Waals surface area contributed by atoms with E-state index in [9.17, 15) is 9.90 Å². The van der Waals surface area contributed by atoms with Crippen molar-refractivity contribution < 1.29 is 14.6 Å². The van der Waals surface area contributed by atoms with Gasteiger partial charge in [0, 0.05) is 19.2 Å². The first-order valence-corrected chi connectivity index (χ1v) is 8.96. The molecule has 0 aromatic heterocycles. The van der Waals surface area contributed by atoms with Crippen molar-refractivity contribution in [2.45, 2.75) is 52.6 Å². The maximum absolute atomic E-state index is 11.0. The molecule has 0 spiro atoms. The van der Waals surface area contributed by atoms with Gasteiger partial charge in [0.15, 0.2) is 0 Å². The third-order valence-corrected chi connectivity index (χ3v) is 3.74. The van der Waals surface area contributed by atoms with E-state index in [2.05, 4.69) is 24.1 Å². The van der Waals surface area contributed by atoms with E-state index in [0.717, 1.165) is 44.5 Å². The van der Waals surface area contributed by atoms with Crippen molar-refractivity contribution >= 4 is 11.6 Å². The second-order valence-electron chi connectivity index (χ2n) is 6.18. The summed E-state index contributed by atoms with van der Waals surface area (Å²) < 4.78 is 5.65. The molecule has 0 heterocycles. The number of aliphatic hydroxyl groups is 1. The van der Waals surface area contributed by atoms with Crippen LogP contribution in [0.3, 0.4) is 0 Å². The Morgan fingerprint density at radius 2 is 1.75 bits per heavy atom. The highest BCUT2D eigenvalue weighted by Crippen LogP contribution is 2.16. The Balaban J connectivity index is 2.39. The molecule has 0 saturated carbocycles. The van der Waals surface area contributed by atoms with Crippen LogP contribution < -0.4 is 10.1 Å². The van der Waals surface area contributed by atoms with Crippen molar-refractivity contribution in [3.63, 3.8) is 0 Å². The molecule has 1 amide bonds. The Hall–Kier alpha value is -1.59. The van der Waals surface area contributed by atoms with Crippen molar-refractivity contribution in [1.82, 2.24) is 4.90 Å². The molecule has 1 aromatic carbocycles. The lowest BCUT2D eigenvalue weighted by Gasteiger charge is -2.25. The van der Waals surface area contributed by atoms with E-state index in [0.29, 0.717) is 12.3 Å². The quantitative estimate of drug-likeness (QED) is 0.615.